The van der Waals surface area contributed by atoms with Crippen LogP contribution >= 0.6 is 0 Å². The lowest BCUT2D eigenvalue weighted by Crippen LogP contribution is -2.30. The number of hydrogen-bond donors (Lipinski definition) is 3. The molecule has 0 aliphatic heterocycles. The fourth-order valence-electron chi connectivity index (χ4n) is 1.16. The van der Waals surface area contributed by atoms with Gasteiger partial charge in [0.1, 0.15) is 0 Å². The monoisotopic (exact) mass is 223 g/mol. The lowest BCUT2D eigenvalue weighted by Gasteiger charge is -2.06. The average molecular weight is 223 g/mol. The minimum Gasteiger partial charge on any atom is -0.450 e. The third kappa shape index (κ3) is 3.92. The smallest absolute Gasteiger partial charge is 0.450 e. The highest BCUT2D eigenvalue weighted by Gasteiger charge is 2.09. The maximum Gasteiger partial charge on any atom is 0.488 e. The van der Waals surface area contributed by atoms with Crippen LogP contribution in [0.3, 0.4) is 0 Å². The molecule has 0 saturated heterocycles. The van der Waals surface area contributed by atoms with Gasteiger partial charge in [0.25, 0.3) is 0 Å². The molecular formula is C10H14BNO4. The molecule has 1 amide bonds. The Balaban J connectivity index is 2.46. The van der Waals surface area contributed by atoms with E-state index in [0.717, 1.165) is 5.56 Å². The Morgan fingerprint density at radius 2 is 2.00 bits per heavy atom. The first-order valence-electron chi connectivity index (χ1n) is 4.99. The molecule has 0 spiro atoms. The van der Waals surface area contributed by atoms with Crippen LogP contribution in [0.5, 0.6) is 0 Å². The zero-order chi connectivity index (χ0) is 12.0. The van der Waals surface area contributed by atoms with E-state index >= 15 is 0 Å². The van der Waals surface area contributed by atoms with Crippen LogP contribution in [0, 0.1) is 0 Å². The Kier molecular flexibility index (Phi) is 4.82. The number of benzene rings is 1. The van der Waals surface area contributed by atoms with Crippen molar-refractivity contribution in [1.82, 2.24) is 5.32 Å². The molecule has 0 saturated carbocycles. The summed E-state index contributed by atoms with van der Waals surface area (Å²) in [6, 6.07) is 6.60. The Bertz CT molecular complexity index is 339. The molecule has 6 heteroatoms. The number of carbonyl (C=O) groups excluding carboxylic acids is 1. The molecule has 0 radical (unpaired) electrons. The Morgan fingerprint density at radius 3 is 2.50 bits per heavy atom. The van der Waals surface area contributed by atoms with Crippen molar-refractivity contribution in [2.45, 2.75) is 13.5 Å². The molecule has 86 valence electrons. The van der Waals surface area contributed by atoms with Gasteiger partial charge in [0.2, 0.25) is 0 Å². The summed E-state index contributed by atoms with van der Waals surface area (Å²) in [5.41, 5.74) is 1.28. The molecule has 0 atom stereocenters. The summed E-state index contributed by atoms with van der Waals surface area (Å²) >= 11 is 0. The van der Waals surface area contributed by atoms with E-state index in [1.807, 2.05) is 0 Å². The third-order valence-corrected chi connectivity index (χ3v) is 1.99. The van der Waals surface area contributed by atoms with Crippen molar-refractivity contribution in [2.75, 3.05) is 6.61 Å². The van der Waals surface area contributed by atoms with Gasteiger partial charge in [-0.25, -0.2) is 4.79 Å². The van der Waals surface area contributed by atoms with Gasteiger partial charge in [0.05, 0.1) is 6.61 Å². The minimum absolute atomic E-state index is 0.335. The summed E-state index contributed by atoms with van der Waals surface area (Å²) in [5, 5.41) is 20.3. The van der Waals surface area contributed by atoms with Gasteiger partial charge in [0, 0.05) is 6.54 Å². The standard InChI is InChI=1S/C10H14BNO4/c1-2-16-10(13)12-7-8-3-5-9(6-4-8)11(14)15/h3-6,14-15H,2,7H2,1H3,(H,12,13). The van der Waals surface area contributed by atoms with Crippen LogP contribution in [-0.4, -0.2) is 29.9 Å². The van der Waals surface area contributed by atoms with Crippen molar-refractivity contribution >= 4 is 18.7 Å². The summed E-state index contributed by atoms with van der Waals surface area (Å²) in [7, 11) is -1.47. The summed E-state index contributed by atoms with van der Waals surface area (Å²) in [6.07, 6.45) is -0.464. The fourth-order valence-corrected chi connectivity index (χ4v) is 1.16. The average Bonchev–Trinajstić information content (AvgIpc) is 2.27. The molecule has 0 fully saturated rings. The Morgan fingerprint density at radius 1 is 1.38 bits per heavy atom. The van der Waals surface area contributed by atoms with E-state index in [9.17, 15) is 4.79 Å². The second kappa shape index (κ2) is 6.14. The van der Waals surface area contributed by atoms with Crippen molar-refractivity contribution in [2.24, 2.45) is 0 Å². The van der Waals surface area contributed by atoms with E-state index in [4.69, 9.17) is 14.8 Å². The van der Waals surface area contributed by atoms with Crippen molar-refractivity contribution in [1.29, 1.82) is 0 Å². The third-order valence-electron chi connectivity index (χ3n) is 1.99. The number of carbonyl (C=O) groups is 1. The maximum absolute atomic E-state index is 11.0. The van der Waals surface area contributed by atoms with E-state index in [2.05, 4.69) is 5.32 Å². The zero-order valence-electron chi connectivity index (χ0n) is 9.01. The van der Waals surface area contributed by atoms with Gasteiger partial charge in [-0.1, -0.05) is 24.3 Å². The van der Waals surface area contributed by atoms with Crippen LogP contribution in [0.2, 0.25) is 0 Å². The lowest BCUT2D eigenvalue weighted by atomic mass is 9.80. The molecule has 0 aliphatic carbocycles. The fraction of sp³-hybridized carbons (Fsp3) is 0.300. The van der Waals surface area contributed by atoms with Gasteiger partial charge in [0.15, 0.2) is 0 Å². The first-order chi connectivity index (χ1) is 7.63. The predicted octanol–water partition coefficient (Wildman–Crippen LogP) is -0.387. The molecule has 1 rings (SSSR count). The maximum atomic E-state index is 11.0. The quantitative estimate of drug-likeness (QED) is 0.607. The minimum atomic E-state index is -1.47. The number of nitrogens with one attached hydrogen (secondary N) is 1. The second-order valence-electron chi connectivity index (χ2n) is 3.19. The van der Waals surface area contributed by atoms with Crippen LogP contribution in [0.15, 0.2) is 24.3 Å². The van der Waals surface area contributed by atoms with Gasteiger partial charge >= 0.3 is 13.2 Å². The van der Waals surface area contributed by atoms with E-state index < -0.39 is 13.2 Å². The number of rotatable bonds is 4. The van der Waals surface area contributed by atoms with Crippen molar-refractivity contribution < 1.29 is 19.6 Å². The SMILES string of the molecule is CCOC(=O)NCc1ccc(B(O)O)cc1. The highest BCUT2D eigenvalue weighted by molar-refractivity contribution is 6.58. The van der Waals surface area contributed by atoms with E-state index in [1.54, 1.807) is 31.2 Å². The second-order valence-corrected chi connectivity index (χ2v) is 3.19. The summed E-state index contributed by atoms with van der Waals surface area (Å²) < 4.78 is 4.70. The predicted molar refractivity (Wildman–Crippen MR) is 60.1 cm³/mol. The van der Waals surface area contributed by atoms with Crippen molar-refractivity contribution in [3.05, 3.63) is 29.8 Å². The first-order valence-corrected chi connectivity index (χ1v) is 4.99. The molecule has 0 aliphatic rings. The van der Waals surface area contributed by atoms with E-state index in [0.29, 0.717) is 18.6 Å². The molecule has 0 bridgehead atoms. The van der Waals surface area contributed by atoms with E-state index in [-0.39, 0.29) is 0 Å². The van der Waals surface area contributed by atoms with Crippen LogP contribution in [-0.2, 0) is 11.3 Å². The van der Waals surface area contributed by atoms with Gasteiger partial charge in [-0.15, -0.1) is 0 Å². The topological polar surface area (TPSA) is 78.8 Å². The lowest BCUT2D eigenvalue weighted by molar-refractivity contribution is 0.151. The molecule has 0 unspecified atom stereocenters. The summed E-state index contributed by atoms with van der Waals surface area (Å²) in [6.45, 7) is 2.42. The number of ether oxygens (including phenoxy) is 1. The van der Waals surface area contributed by atoms with Crippen molar-refractivity contribution in [3.8, 4) is 0 Å². The molecule has 1 aromatic carbocycles. The van der Waals surface area contributed by atoms with Crippen LogP contribution in [0.4, 0.5) is 4.79 Å². The van der Waals surface area contributed by atoms with Gasteiger partial charge < -0.3 is 20.1 Å². The molecule has 16 heavy (non-hydrogen) atoms. The molecule has 3 N–H and O–H groups in total. The number of hydrogen-bond acceptors (Lipinski definition) is 4. The highest BCUT2D eigenvalue weighted by atomic mass is 16.5. The molecule has 0 aromatic heterocycles. The largest absolute Gasteiger partial charge is 0.488 e. The number of alkyl carbamates (subject to hydrolysis) is 1. The first kappa shape index (κ1) is 12.5. The van der Waals surface area contributed by atoms with Crippen LogP contribution < -0.4 is 10.8 Å². The van der Waals surface area contributed by atoms with Gasteiger partial charge in [-0.2, -0.15) is 0 Å². The Hall–Kier alpha value is -1.53. The Labute approximate surface area is 94.2 Å². The summed E-state index contributed by atoms with van der Waals surface area (Å²) in [4.78, 5) is 11.0. The highest BCUT2D eigenvalue weighted by Crippen LogP contribution is 1.97. The molecule has 1 aromatic rings. The number of amides is 1. The van der Waals surface area contributed by atoms with Crippen molar-refractivity contribution in [3.63, 3.8) is 0 Å². The van der Waals surface area contributed by atoms with Crippen LogP contribution in [0.25, 0.3) is 0 Å². The normalized spacial score (nSPS) is 9.69. The molecular weight excluding hydrogens is 209 g/mol. The molecule has 5 nitrogen and oxygen atoms in total. The van der Waals surface area contributed by atoms with Crippen LogP contribution in [0.1, 0.15) is 12.5 Å². The van der Waals surface area contributed by atoms with E-state index in [1.165, 1.54) is 0 Å². The van der Waals surface area contributed by atoms with Gasteiger partial charge in [-0.05, 0) is 17.9 Å². The summed E-state index contributed by atoms with van der Waals surface area (Å²) in [5.74, 6) is 0. The molecule has 0 heterocycles. The zero-order valence-corrected chi connectivity index (χ0v) is 9.01. The van der Waals surface area contributed by atoms with Gasteiger partial charge in [-0.3, -0.25) is 0 Å².